The molecule has 0 saturated carbocycles. The second-order valence-electron chi connectivity index (χ2n) is 7.41. The van der Waals surface area contributed by atoms with E-state index in [2.05, 4.69) is 48.5 Å². The number of H-pyrrole nitrogens is 1. The van der Waals surface area contributed by atoms with Crippen LogP contribution in [0.15, 0.2) is 35.8 Å². The Morgan fingerprint density at radius 1 is 1.40 bits per heavy atom. The Morgan fingerprint density at radius 2 is 2.20 bits per heavy atom. The van der Waals surface area contributed by atoms with Crippen molar-refractivity contribution in [2.75, 3.05) is 6.61 Å². The fraction of sp³-hybridized carbons (Fsp3) is 0.500. The quantitative estimate of drug-likeness (QED) is 0.864. The minimum absolute atomic E-state index is 0.178. The van der Waals surface area contributed by atoms with Crippen LogP contribution in [0, 0.1) is 0 Å². The molecular formula is C20H28N4O. The van der Waals surface area contributed by atoms with Crippen LogP contribution in [0.4, 0.5) is 0 Å². The highest BCUT2D eigenvalue weighted by Gasteiger charge is 2.27. The van der Waals surface area contributed by atoms with Crippen LogP contribution >= 0.6 is 0 Å². The van der Waals surface area contributed by atoms with E-state index in [1.54, 1.807) is 0 Å². The normalized spacial score (nSPS) is 17.6. The Kier molecular flexibility index (Phi) is 5.23. The molecule has 0 radical (unpaired) electrons. The molecule has 0 saturated heterocycles. The fourth-order valence-electron chi connectivity index (χ4n) is 3.68. The van der Waals surface area contributed by atoms with Gasteiger partial charge in [0, 0.05) is 36.2 Å². The highest BCUT2D eigenvalue weighted by atomic mass is 16.3. The van der Waals surface area contributed by atoms with Crippen molar-refractivity contribution in [2.45, 2.75) is 58.9 Å². The number of rotatable bonds is 5. The SMILES string of the molecule is CC(C)=CC1=C(c2cn[nH]c2)Cn2c(C(C)C)cnc2[C@H](CCO)C1. The molecule has 3 heterocycles. The van der Waals surface area contributed by atoms with Gasteiger partial charge in [-0.15, -0.1) is 0 Å². The first-order chi connectivity index (χ1) is 12.0. The van der Waals surface area contributed by atoms with E-state index in [-0.39, 0.29) is 12.5 Å². The Labute approximate surface area is 149 Å². The van der Waals surface area contributed by atoms with Crippen LogP contribution in [0.5, 0.6) is 0 Å². The van der Waals surface area contributed by atoms with Gasteiger partial charge in [-0.05, 0) is 43.8 Å². The molecule has 2 aromatic rings. The van der Waals surface area contributed by atoms with Gasteiger partial charge in [0.25, 0.3) is 0 Å². The molecule has 0 bridgehead atoms. The molecule has 134 valence electrons. The van der Waals surface area contributed by atoms with E-state index < -0.39 is 0 Å². The number of nitrogens with one attached hydrogen (secondary N) is 1. The van der Waals surface area contributed by atoms with Crippen LogP contribution in [0.2, 0.25) is 0 Å². The van der Waals surface area contributed by atoms with Crippen molar-refractivity contribution in [3.05, 3.63) is 52.9 Å². The van der Waals surface area contributed by atoms with Gasteiger partial charge in [-0.25, -0.2) is 4.98 Å². The van der Waals surface area contributed by atoms with E-state index >= 15 is 0 Å². The lowest BCUT2D eigenvalue weighted by atomic mass is 9.91. The second-order valence-corrected chi connectivity index (χ2v) is 7.41. The predicted molar refractivity (Wildman–Crippen MR) is 100 cm³/mol. The zero-order valence-corrected chi connectivity index (χ0v) is 15.6. The van der Waals surface area contributed by atoms with Gasteiger partial charge in [0.1, 0.15) is 5.82 Å². The number of allylic oxidation sites excluding steroid dienone is 4. The minimum atomic E-state index is 0.178. The maximum atomic E-state index is 9.59. The summed E-state index contributed by atoms with van der Waals surface area (Å²) < 4.78 is 2.35. The summed E-state index contributed by atoms with van der Waals surface area (Å²) in [6.45, 7) is 9.64. The monoisotopic (exact) mass is 340 g/mol. The topological polar surface area (TPSA) is 66.7 Å². The Morgan fingerprint density at radius 3 is 2.80 bits per heavy atom. The number of imidazole rings is 1. The van der Waals surface area contributed by atoms with E-state index in [1.165, 1.54) is 22.4 Å². The van der Waals surface area contributed by atoms with E-state index in [4.69, 9.17) is 4.98 Å². The lowest BCUT2D eigenvalue weighted by molar-refractivity contribution is 0.272. The Balaban J connectivity index is 2.17. The molecule has 0 amide bonds. The van der Waals surface area contributed by atoms with Crippen LogP contribution in [0.1, 0.15) is 69.5 Å². The van der Waals surface area contributed by atoms with Crippen LogP contribution in [0.25, 0.3) is 5.57 Å². The molecule has 25 heavy (non-hydrogen) atoms. The number of aromatic nitrogens is 4. The zero-order valence-electron chi connectivity index (χ0n) is 15.6. The molecule has 5 heteroatoms. The van der Waals surface area contributed by atoms with Crippen LogP contribution in [-0.4, -0.2) is 31.5 Å². The Hall–Kier alpha value is -2.14. The first kappa shape index (κ1) is 17.7. The molecule has 5 nitrogen and oxygen atoms in total. The predicted octanol–water partition coefficient (Wildman–Crippen LogP) is 4.02. The molecule has 0 fully saturated rings. The Bertz CT molecular complexity index is 777. The number of hydrogen-bond acceptors (Lipinski definition) is 3. The molecule has 2 aromatic heterocycles. The smallest absolute Gasteiger partial charge is 0.112 e. The van der Waals surface area contributed by atoms with Gasteiger partial charge >= 0.3 is 0 Å². The first-order valence-electron chi connectivity index (χ1n) is 9.03. The maximum Gasteiger partial charge on any atom is 0.112 e. The van der Waals surface area contributed by atoms with Gasteiger partial charge < -0.3 is 9.67 Å². The number of fused-ring (bicyclic) bond motifs is 1. The summed E-state index contributed by atoms with van der Waals surface area (Å²) in [4.78, 5) is 4.75. The molecule has 3 rings (SSSR count). The van der Waals surface area contributed by atoms with Gasteiger partial charge in [-0.3, -0.25) is 5.10 Å². The lowest BCUT2D eigenvalue weighted by Crippen LogP contribution is -2.11. The lowest BCUT2D eigenvalue weighted by Gasteiger charge is -2.16. The molecule has 0 aromatic carbocycles. The van der Waals surface area contributed by atoms with Gasteiger partial charge in [-0.1, -0.05) is 25.5 Å². The molecule has 1 aliphatic heterocycles. The van der Waals surface area contributed by atoms with Crippen molar-refractivity contribution < 1.29 is 5.11 Å². The summed E-state index contributed by atoms with van der Waals surface area (Å²) >= 11 is 0. The third-order valence-electron chi connectivity index (χ3n) is 4.83. The highest BCUT2D eigenvalue weighted by molar-refractivity contribution is 5.71. The summed E-state index contributed by atoms with van der Waals surface area (Å²) in [7, 11) is 0. The average molecular weight is 340 g/mol. The molecule has 1 atom stereocenters. The first-order valence-corrected chi connectivity index (χ1v) is 9.03. The largest absolute Gasteiger partial charge is 0.396 e. The number of aromatic amines is 1. The van der Waals surface area contributed by atoms with E-state index in [1.807, 2.05) is 18.6 Å². The van der Waals surface area contributed by atoms with Gasteiger partial charge in [0.05, 0.1) is 12.7 Å². The third kappa shape index (κ3) is 3.61. The van der Waals surface area contributed by atoms with E-state index in [9.17, 15) is 5.11 Å². The van der Waals surface area contributed by atoms with Crippen LogP contribution in [-0.2, 0) is 6.54 Å². The summed E-state index contributed by atoms with van der Waals surface area (Å²) in [5.41, 5.74) is 6.27. The van der Waals surface area contributed by atoms with Gasteiger partial charge in [0.2, 0.25) is 0 Å². The van der Waals surface area contributed by atoms with E-state index in [0.717, 1.165) is 30.8 Å². The zero-order chi connectivity index (χ0) is 18.0. The number of aliphatic hydroxyl groups excluding tert-OH is 1. The molecule has 0 aliphatic carbocycles. The molecule has 1 aliphatic rings. The van der Waals surface area contributed by atoms with Gasteiger partial charge in [-0.2, -0.15) is 5.10 Å². The van der Waals surface area contributed by atoms with Crippen molar-refractivity contribution in [1.29, 1.82) is 0 Å². The second kappa shape index (κ2) is 7.40. The third-order valence-corrected chi connectivity index (χ3v) is 4.83. The van der Waals surface area contributed by atoms with Crippen LogP contribution in [0.3, 0.4) is 0 Å². The molecule has 0 unspecified atom stereocenters. The summed E-state index contributed by atoms with van der Waals surface area (Å²) in [6.07, 6.45) is 9.75. The summed E-state index contributed by atoms with van der Waals surface area (Å²) in [5.74, 6) is 1.73. The minimum Gasteiger partial charge on any atom is -0.396 e. The van der Waals surface area contributed by atoms with Crippen LogP contribution < -0.4 is 0 Å². The number of nitrogens with zero attached hydrogens (tertiary/aromatic N) is 3. The summed E-state index contributed by atoms with van der Waals surface area (Å²) in [6, 6.07) is 0. The molecule has 2 N–H and O–H groups in total. The maximum absolute atomic E-state index is 9.59. The number of hydrogen-bond donors (Lipinski definition) is 2. The van der Waals surface area contributed by atoms with Crippen molar-refractivity contribution >= 4 is 5.57 Å². The van der Waals surface area contributed by atoms with Gasteiger partial charge in [0.15, 0.2) is 0 Å². The highest BCUT2D eigenvalue weighted by Crippen LogP contribution is 2.37. The summed E-state index contributed by atoms with van der Waals surface area (Å²) in [5, 5.41) is 16.7. The average Bonchev–Trinajstić information content (AvgIpc) is 3.18. The molecule has 0 spiro atoms. The standard InChI is InChI=1S/C20H28N4O/c1-13(2)7-16-8-15(5-6-25)20-21-11-19(14(3)4)24(20)12-18(16)17-9-22-23-10-17/h7,9-11,14-15,25H,5-6,8,12H2,1-4H3,(H,22,23)/t15-/m1/s1. The number of aliphatic hydroxyl groups is 1. The van der Waals surface area contributed by atoms with E-state index in [0.29, 0.717) is 5.92 Å². The molecular weight excluding hydrogens is 312 g/mol. The fourth-order valence-corrected chi connectivity index (χ4v) is 3.68. The van der Waals surface area contributed by atoms with Crippen molar-refractivity contribution in [3.8, 4) is 0 Å². The van der Waals surface area contributed by atoms with Crippen molar-refractivity contribution in [2.24, 2.45) is 0 Å². The van der Waals surface area contributed by atoms with Crippen molar-refractivity contribution in [3.63, 3.8) is 0 Å². The van der Waals surface area contributed by atoms with Crippen molar-refractivity contribution in [1.82, 2.24) is 19.7 Å².